The van der Waals surface area contributed by atoms with Gasteiger partial charge in [0.1, 0.15) is 41.7 Å². The molecule has 0 unspecified atom stereocenters. The first-order valence-corrected chi connectivity index (χ1v) is 8.95. The van der Waals surface area contributed by atoms with Crippen molar-refractivity contribution in [1.82, 2.24) is 0 Å². The summed E-state index contributed by atoms with van der Waals surface area (Å²) in [4.78, 5) is 0. The molecule has 1 aliphatic rings. The molecule has 1 saturated heterocycles. The van der Waals surface area contributed by atoms with Gasteiger partial charge in [0, 0.05) is 6.07 Å². The van der Waals surface area contributed by atoms with Crippen molar-refractivity contribution in [3.63, 3.8) is 0 Å². The van der Waals surface area contributed by atoms with Crippen LogP contribution in [0.3, 0.4) is 0 Å². The Morgan fingerprint density at radius 3 is 2.14 bits per heavy atom. The van der Waals surface area contributed by atoms with Gasteiger partial charge >= 0.3 is 0 Å². The minimum atomic E-state index is -1.54. The number of ether oxygens (including phenoxy) is 2. The van der Waals surface area contributed by atoms with E-state index in [9.17, 15) is 30.6 Å². The molecule has 0 saturated carbocycles. The third kappa shape index (κ3) is 4.73. The summed E-state index contributed by atoms with van der Waals surface area (Å²) in [5.74, 6) is 0.365. The maximum atomic E-state index is 10.1. The molecule has 0 radical (unpaired) electrons. The monoisotopic (exact) mass is 392 g/mol. The van der Waals surface area contributed by atoms with E-state index in [4.69, 9.17) is 9.47 Å². The molecule has 5 atom stereocenters. The maximum Gasteiger partial charge on any atom is 0.229 e. The Hall–Kier alpha value is -2.36. The van der Waals surface area contributed by atoms with E-state index < -0.39 is 37.3 Å². The SMILES string of the molecule is OC[C@H]1O[C@@H](Oc2cc(O)cc(CCc3ccc(O)cc3)c2)[C@H](O)[C@@H](O)[C@H]1O. The molecule has 1 aliphatic heterocycles. The molecule has 0 aromatic heterocycles. The molecule has 1 heterocycles. The van der Waals surface area contributed by atoms with Crippen molar-refractivity contribution in [2.45, 2.75) is 43.5 Å². The fourth-order valence-corrected chi connectivity index (χ4v) is 3.11. The van der Waals surface area contributed by atoms with Gasteiger partial charge in [-0.2, -0.15) is 0 Å². The molecule has 28 heavy (non-hydrogen) atoms. The standard InChI is InChI=1S/C20H24O8/c21-10-16-17(24)18(25)19(26)20(28-16)27-15-8-12(7-14(23)9-15)2-1-11-3-5-13(22)6-4-11/h3-9,16-26H,1-2,10H2/t16-,17+,18+,19-,20-/m1/s1. The highest BCUT2D eigenvalue weighted by Crippen LogP contribution is 2.28. The van der Waals surface area contributed by atoms with E-state index in [0.29, 0.717) is 12.8 Å². The first kappa shape index (κ1) is 20.4. The molecule has 0 aliphatic carbocycles. The summed E-state index contributed by atoms with van der Waals surface area (Å²) in [6.07, 6.45) is -5.67. The van der Waals surface area contributed by atoms with Gasteiger partial charge in [-0.1, -0.05) is 12.1 Å². The summed E-state index contributed by atoms with van der Waals surface area (Å²) in [5, 5.41) is 58.3. The van der Waals surface area contributed by atoms with Crippen molar-refractivity contribution in [2.24, 2.45) is 0 Å². The Bertz CT molecular complexity index is 776. The number of phenolic OH excluding ortho intramolecular Hbond substituents is 2. The average Bonchev–Trinajstić information content (AvgIpc) is 2.67. The fourth-order valence-electron chi connectivity index (χ4n) is 3.11. The van der Waals surface area contributed by atoms with E-state index in [1.807, 2.05) is 12.1 Å². The summed E-state index contributed by atoms with van der Waals surface area (Å²) in [7, 11) is 0. The topological polar surface area (TPSA) is 140 Å². The van der Waals surface area contributed by atoms with Crippen molar-refractivity contribution in [3.8, 4) is 17.2 Å². The van der Waals surface area contributed by atoms with Gasteiger partial charge in [-0.3, -0.25) is 0 Å². The number of aromatic hydroxyl groups is 2. The lowest BCUT2D eigenvalue weighted by molar-refractivity contribution is -0.277. The first-order chi connectivity index (χ1) is 13.4. The fraction of sp³-hybridized carbons (Fsp3) is 0.400. The molecule has 0 spiro atoms. The summed E-state index contributed by atoms with van der Waals surface area (Å²) in [6.45, 7) is -0.553. The zero-order chi connectivity index (χ0) is 20.3. The number of aliphatic hydroxyl groups excluding tert-OH is 4. The number of rotatable bonds is 6. The minimum absolute atomic E-state index is 0.0391. The second-order valence-electron chi connectivity index (χ2n) is 6.82. The molecule has 6 N–H and O–H groups in total. The molecular formula is C20H24O8. The van der Waals surface area contributed by atoms with Gasteiger partial charge in [0.15, 0.2) is 0 Å². The lowest BCUT2D eigenvalue weighted by Crippen LogP contribution is -2.60. The van der Waals surface area contributed by atoms with E-state index in [1.165, 1.54) is 6.07 Å². The first-order valence-electron chi connectivity index (χ1n) is 8.95. The van der Waals surface area contributed by atoms with Gasteiger partial charge in [0.25, 0.3) is 0 Å². The van der Waals surface area contributed by atoms with E-state index in [0.717, 1.165) is 11.1 Å². The second kappa shape index (κ2) is 8.76. The predicted octanol–water partition coefficient (Wildman–Crippen LogP) is 0.0617. The lowest BCUT2D eigenvalue weighted by Gasteiger charge is -2.39. The van der Waals surface area contributed by atoms with Crippen LogP contribution in [-0.2, 0) is 17.6 Å². The molecular weight excluding hydrogens is 368 g/mol. The smallest absolute Gasteiger partial charge is 0.229 e. The summed E-state index contributed by atoms with van der Waals surface area (Å²) >= 11 is 0. The second-order valence-corrected chi connectivity index (χ2v) is 6.82. The molecule has 2 aromatic carbocycles. The third-order valence-corrected chi connectivity index (χ3v) is 4.69. The maximum absolute atomic E-state index is 10.1. The van der Waals surface area contributed by atoms with E-state index >= 15 is 0 Å². The zero-order valence-electron chi connectivity index (χ0n) is 15.0. The number of aliphatic hydroxyl groups is 4. The van der Waals surface area contributed by atoms with Crippen LogP contribution in [-0.4, -0.2) is 68.0 Å². The zero-order valence-corrected chi connectivity index (χ0v) is 15.0. The molecule has 0 amide bonds. The van der Waals surface area contributed by atoms with E-state index in [1.54, 1.807) is 24.3 Å². The van der Waals surface area contributed by atoms with Crippen LogP contribution in [0.15, 0.2) is 42.5 Å². The minimum Gasteiger partial charge on any atom is -0.508 e. The lowest BCUT2D eigenvalue weighted by atomic mass is 9.99. The van der Waals surface area contributed by atoms with Crippen LogP contribution >= 0.6 is 0 Å². The Balaban J connectivity index is 1.69. The molecule has 1 fully saturated rings. The van der Waals surface area contributed by atoms with Crippen LogP contribution < -0.4 is 4.74 Å². The molecule has 8 nitrogen and oxygen atoms in total. The third-order valence-electron chi connectivity index (χ3n) is 4.69. The summed E-state index contributed by atoms with van der Waals surface area (Å²) in [5.41, 5.74) is 1.78. The van der Waals surface area contributed by atoms with Gasteiger partial charge in [-0.15, -0.1) is 0 Å². The van der Waals surface area contributed by atoms with Gasteiger partial charge in [-0.25, -0.2) is 0 Å². The summed E-state index contributed by atoms with van der Waals surface area (Å²) in [6, 6.07) is 11.4. The van der Waals surface area contributed by atoms with E-state index in [2.05, 4.69) is 0 Å². The normalized spacial score (nSPS) is 27.5. The van der Waals surface area contributed by atoms with Gasteiger partial charge in [-0.05, 0) is 48.2 Å². The quantitative estimate of drug-likeness (QED) is 0.406. The molecule has 152 valence electrons. The van der Waals surface area contributed by atoms with Crippen LogP contribution in [0.4, 0.5) is 0 Å². The summed E-state index contributed by atoms with van der Waals surface area (Å²) < 4.78 is 10.9. The van der Waals surface area contributed by atoms with Gasteiger partial charge < -0.3 is 40.1 Å². The highest BCUT2D eigenvalue weighted by Gasteiger charge is 2.44. The van der Waals surface area contributed by atoms with Crippen LogP contribution in [0.5, 0.6) is 17.2 Å². The number of hydrogen-bond donors (Lipinski definition) is 6. The van der Waals surface area contributed by atoms with Crippen LogP contribution in [0.1, 0.15) is 11.1 Å². The van der Waals surface area contributed by atoms with Crippen LogP contribution in [0, 0.1) is 0 Å². The van der Waals surface area contributed by atoms with Crippen molar-refractivity contribution in [2.75, 3.05) is 6.61 Å². The van der Waals surface area contributed by atoms with Crippen LogP contribution in [0.25, 0.3) is 0 Å². The van der Waals surface area contributed by atoms with Crippen molar-refractivity contribution < 1.29 is 40.1 Å². The molecule has 2 aromatic rings. The molecule has 8 heteroatoms. The molecule has 3 rings (SSSR count). The number of benzene rings is 2. The highest BCUT2D eigenvalue weighted by atomic mass is 16.7. The number of aryl methyl sites for hydroxylation is 2. The van der Waals surface area contributed by atoms with Crippen LogP contribution in [0.2, 0.25) is 0 Å². The number of phenols is 2. The highest BCUT2D eigenvalue weighted by molar-refractivity contribution is 5.38. The Morgan fingerprint density at radius 1 is 0.786 bits per heavy atom. The predicted molar refractivity (Wildman–Crippen MR) is 98.0 cm³/mol. The number of hydrogen-bond acceptors (Lipinski definition) is 8. The van der Waals surface area contributed by atoms with Gasteiger partial charge in [0.2, 0.25) is 6.29 Å². The largest absolute Gasteiger partial charge is 0.508 e. The van der Waals surface area contributed by atoms with Gasteiger partial charge in [0.05, 0.1) is 6.61 Å². The average molecular weight is 392 g/mol. The Morgan fingerprint density at radius 2 is 1.46 bits per heavy atom. The Kier molecular flexibility index (Phi) is 6.38. The van der Waals surface area contributed by atoms with Crippen molar-refractivity contribution in [3.05, 3.63) is 53.6 Å². The molecule has 0 bridgehead atoms. The van der Waals surface area contributed by atoms with E-state index in [-0.39, 0.29) is 17.2 Å². The van der Waals surface area contributed by atoms with Crippen molar-refractivity contribution >= 4 is 0 Å². The van der Waals surface area contributed by atoms with Crippen molar-refractivity contribution in [1.29, 1.82) is 0 Å². The Labute approximate surface area is 161 Å².